The van der Waals surface area contributed by atoms with Crippen molar-refractivity contribution >= 4 is 5.91 Å². The summed E-state index contributed by atoms with van der Waals surface area (Å²) in [6.45, 7) is 0.516. The molecule has 0 bridgehead atoms. The fraction of sp³-hybridized carbons (Fsp3) is 0.263. The smallest absolute Gasteiger partial charge is 0.290 e. The van der Waals surface area contributed by atoms with Crippen LogP contribution in [0.5, 0.6) is 5.75 Å². The van der Waals surface area contributed by atoms with Crippen LogP contribution in [-0.2, 0) is 0 Å². The van der Waals surface area contributed by atoms with Gasteiger partial charge in [0, 0.05) is 18.2 Å². The Bertz CT molecular complexity index is 1010. The molecule has 8 nitrogen and oxygen atoms in total. The topological polar surface area (TPSA) is 98.7 Å². The predicted molar refractivity (Wildman–Crippen MR) is 94.3 cm³/mol. The number of benzene rings is 1. The lowest BCUT2D eigenvalue weighted by atomic mass is 10.2. The molecule has 1 fully saturated rings. The maximum atomic E-state index is 12.8. The minimum Gasteiger partial charge on any atom is -0.490 e. The van der Waals surface area contributed by atoms with Crippen LogP contribution in [0.1, 0.15) is 35.3 Å². The minimum absolute atomic E-state index is 0.0458. The van der Waals surface area contributed by atoms with Gasteiger partial charge in [-0.1, -0.05) is 35.5 Å². The summed E-state index contributed by atoms with van der Waals surface area (Å²) in [5.74, 6) is 0.456. The Labute approximate surface area is 154 Å². The van der Waals surface area contributed by atoms with Crippen molar-refractivity contribution in [1.82, 2.24) is 15.0 Å². The van der Waals surface area contributed by atoms with E-state index in [0.29, 0.717) is 24.7 Å². The molecule has 3 heterocycles. The molecule has 8 heteroatoms. The number of carbonyl (C=O) groups is 1. The maximum absolute atomic E-state index is 12.8. The Morgan fingerprint density at radius 1 is 1.30 bits per heavy atom. The van der Waals surface area contributed by atoms with E-state index in [9.17, 15) is 9.59 Å². The van der Waals surface area contributed by atoms with Gasteiger partial charge >= 0.3 is 0 Å². The van der Waals surface area contributed by atoms with Crippen molar-refractivity contribution in [3.05, 3.63) is 64.5 Å². The molecule has 1 aliphatic rings. The Hall–Kier alpha value is -3.42. The number of hydrogen-bond acceptors (Lipinski definition) is 7. The lowest BCUT2D eigenvalue weighted by Crippen LogP contribution is -2.31. The van der Waals surface area contributed by atoms with Crippen LogP contribution in [0.25, 0.3) is 11.4 Å². The summed E-state index contributed by atoms with van der Waals surface area (Å²) < 4.78 is 15.6. The van der Waals surface area contributed by atoms with Gasteiger partial charge in [0.05, 0.1) is 7.11 Å². The summed E-state index contributed by atoms with van der Waals surface area (Å²) in [5.41, 5.74) is 0.427. The first-order valence-corrected chi connectivity index (χ1v) is 8.54. The van der Waals surface area contributed by atoms with Crippen LogP contribution in [0.2, 0.25) is 0 Å². The van der Waals surface area contributed by atoms with Gasteiger partial charge < -0.3 is 18.6 Å². The number of aromatic nitrogens is 2. The third-order valence-corrected chi connectivity index (χ3v) is 4.50. The molecule has 0 radical (unpaired) electrons. The zero-order valence-corrected chi connectivity index (χ0v) is 14.6. The van der Waals surface area contributed by atoms with E-state index in [1.807, 2.05) is 30.3 Å². The highest BCUT2D eigenvalue weighted by atomic mass is 16.5. The van der Waals surface area contributed by atoms with Gasteiger partial charge in [0.1, 0.15) is 12.3 Å². The lowest BCUT2D eigenvalue weighted by Gasteiger charge is -2.20. The molecule has 1 aliphatic heterocycles. The highest BCUT2D eigenvalue weighted by Crippen LogP contribution is 2.33. The lowest BCUT2D eigenvalue weighted by molar-refractivity contribution is 0.0674. The van der Waals surface area contributed by atoms with E-state index in [1.54, 1.807) is 4.90 Å². The molecule has 0 unspecified atom stereocenters. The molecule has 1 amide bonds. The van der Waals surface area contributed by atoms with E-state index in [0.717, 1.165) is 24.3 Å². The van der Waals surface area contributed by atoms with Crippen molar-refractivity contribution in [2.45, 2.75) is 18.9 Å². The van der Waals surface area contributed by atoms with Crippen LogP contribution >= 0.6 is 0 Å². The number of likely N-dealkylation sites (tertiary alicyclic amines) is 1. The van der Waals surface area contributed by atoms with Crippen molar-refractivity contribution in [2.75, 3.05) is 13.7 Å². The van der Waals surface area contributed by atoms with E-state index in [4.69, 9.17) is 13.7 Å². The number of carbonyl (C=O) groups excluding carboxylic acids is 1. The van der Waals surface area contributed by atoms with Gasteiger partial charge in [0.15, 0.2) is 5.76 Å². The predicted octanol–water partition coefficient (Wildman–Crippen LogP) is 2.68. The van der Waals surface area contributed by atoms with Crippen LogP contribution in [-0.4, -0.2) is 34.6 Å². The van der Waals surface area contributed by atoms with Gasteiger partial charge in [0.2, 0.25) is 22.9 Å². The summed E-state index contributed by atoms with van der Waals surface area (Å²) in [7, 11) is 1.37. The van der Waals surface area contributed by atoms with Crippen LogP contribution < -0.4 is 10.2 Å². The van der Waals surface area contributed by atoms with E-state index < -0.39 is 11.3 Å². The number of ether oxygens (including phenoxy) is 1. The minimum atomic E-state index is -0.410. The molecular formula is C19H17N3O5. The molecule has 1 aromatic carbocycles. The van der Waals surface area contributed by atoms with E-state index in [-0.39, 0.29) is 17.6 Å². The van der Waals surface area contributed by atoms with Crippen molar-refractivity contribution in [1.29, 1.82) is 0 Å². The number of methoxy groups -OCH3 is 1. The summed E-state index contributed by atoms with van der Waals surface area (Å²) in [5, 5.41) is 4.02. The van der Waals surface area contributed by atoms with Crippen LogP contribution in [0, 0.1) is 0 Å². The number of hydrogen-bond donors (Lipinski definition) is 0. The highest BCUT2D eigenvalue weighted by Gasteiger charge is 2.35. The van der Waals surface area contributed by atoms with E-state index in [2.05, 4.69) is 10.1 Å². The quantitative estimate of drug-likeness (QED) is 0.699. The summed E-state index contributed by atoms with van der Waals surface area (Å²) in [4.78, 5) is 30.8. The maximum Gasteiger partial charge on any atom is 0.290 e. The van der Waals surface area contributed by atoms with Gasteiger partial charge in [-0.25, -0.2) is 0 Å². The molecule has 0 spiro atoms. The summed E-state index contributed by atoms with van der Waals surface area (Å²) in [6.07, 6.45) is 2.63. The first kappa shape index (κ1) is 17.0. The van der Waals surface area contributed by atoms with Crippen LogP contribution in [0.3, 0.4) is 0 Å². The molecule has 0 saturated carbocycles. The van der Waals surface area contributed by atoms with Gasteiger partial charge in [-0.2, -0.15) is 4.98 Å². The second-order valence-corrected chi connectivity index (χ2v) is 6.16. The molecule has 3 aromatic rings. The Kier molecular flexibility index (Phi) is 4.45. The Balaban J connectivity index is 1.59. The molecule has 0 N–H and O–H groups in total. The number of rotatable bonds is 4. The second-order valence-electron chi connectivity index (χ2n) is 6.16. The average molecular weight is 367 g/mol. The molecule has 27 heavy (non-hydrogen) atoms. The molecule has 1 atom stereocenters. The molecule has 4 rings (SSSR count). The number of amides is 1. The van der Waals surface area contributed by atoms with Gasteiger partial charge in [-0.15, -0.1) is 0 Å². The highest BCUT2D eigenvalue weighted by molar-refractivity contribution is 5.91. The fourth-order valence-corrected chi connectivity index (χ4v) is 3.14. The van der Waals surface area contributed by atoms with Crippen LogP contribution in [0.4, 0.5) is 0 Å². The summed E-state index contributed by atoms with van der Waals surface area (Å²) >= 11 is 0. The summed E-state index contributed by atoms with van der Waals surface area (Å²) in [6, 6.07) is 10.3. The van der Waals surface area contributed by atoms with E-state index in [1.165, 1.54) is 7.11 Å². The average Bonchev–Trinajstić information content (AvgIpc) is 3.37. The molecule has 1 saturated heterocycles. The largest absolute Gasteiger partial charge is 0.490 e. The Morgan fingerprint density at radius 2 is 2.11 bits per heavy atom. The molecule has 2 aromatic heterocycles. The standard InChI is InChI=1S/C19H17N3O5/c1-25-16-11-26-15(10-14(16)23)19(24)22-9-5-8-13(22)18-20-17(21-27-18)12-6-3-2-4-7-12/h2-4,6-7,10-11,13H,5,8-9H2,1H3/t13-/m0/s1. The third-order valence-electron chi connectivity index (χ3n) is 4.50. The molecular weight excluding hydrogens is 350 g/mol. The van der Waals surface area contributed by atoms with Crippen molar-refractivity contribution in [3.8, 4) is 17.1 Å². The Morgan fingerprint density at radius 3 is 2.85 bits per heavy atom. The third kappa shape index (κ3) is 3.21. The van der Waals surface area contributed by atoms with Crippen molar-refractivity contribution in [3.63, 3.8) is 0 Å². The van der Waals surface area contributed by atoms with E-state index >= 15 is 0 Å². The second kappa shape index (κ2) is 7.06. The zero-order chi connectivity index (χ0) is 18.8. The first-order valence-electron chi connectivity index (χ1n) is 8.54. The van der Waals surface area contributed by atoms with Gasteiger partial charge in [-0.3, -0.25) is 9.59 Å². The fourth-order valence-electron chi connectivity index (χ4n) is 3.14. The van der Waals surface area contributed by atoms with Crippen LogP contribution in [0.15, 0.2) is 56.4 Å². The zero-order valence-electron chi connectivity index (χ0n) is 14.6. The first-order chi connectivity index (χ1) is 13.2. The van der Waals surface area contributed by atoms with Gasteiger partial charge in [0.25, 0.3) is 5.91 Å². The normalized spacial score (nSPS) is 16.5. The SMILES string of the molecule is COc1coc(C(=O)N2CCC[C@H]2c2nc(-c3ccccc3)no2)cc1=O. The molecule has 138 valence electrons. The molecule has 0 aliphatic carbocycles. The van der Waals surface area contributed by atoms with Crippen molar-refractivity contribution in [2.24, 2.45) is 0 Å². The van der Waals surface area contributed by atoms with Gasteiger partial charge in [-0.05, 0) is 12.8 Å². The monoisotopic (exact) mass is 367 g/mol. The number of nitrogens with zero attached hydrogens (tertiary/aromatic N) is 3. The van der Waals surface area contributed by atoms with Crippen molar-refractivity contribution < 1.29 is 18.5 Å².